The monoisotopic (exact) mass is 438 g/mol. The third kappa shape index (κ3) is 3.68. The fraction of sp³-hybridized carbons (Fsp3) is 0.273. The summed E-state index contributed by atoms with van der Waals surface area (Å²) in [5.41, 5.74) is 4.16. The molecule has 164 valence electrons. The summed E-state index contributed by atoms with van der Waals surface area (Å²) >= 11 is 0. The SMILES string of the molecule is Cc1ccn2c(C(=O)Nc3cc(-c4noc(N5CCC(F)(F)C5)n4)ccc3C)cnc2c1. The van der Waals surface area contributed by atoms with E-state index in [9.17, 15) is 13.6 Å². The number of alkyl halides is 2. The number of aromatic nitrogens is 4. The molecule has 0 aliphatic carbocycles. The first-order valence-corrected chi connectivity index (χ1v) is 10.1. The Hall–Kier alpha value is -3.82. The maximum atomic E-state index is 13.5. The number of amides is 1. The van der Waals surface area contributed by atoms with Crippen molar-refractivity contribution in [3.63, 3.8) is 0 Å². The van der Waals surface area contributed by atoms with Crippen molar-refractivity contribution in [3.8, 4) is 11.4 Å². The number of halogens is 2. The molecule has 1 aromatic carbocycles. The molecule has 0 radical (unpaired) electrons. The van der Waals surface area contributed by atoms with Crippen LogP contribution in [0.4, 0.5) is 20.5 Å². The number of nitrogens with one attached hydrogen (secondary N) is 1. The number of aryl methyl sites for hydroxylation is 2. The first-order valence-electron chi connectivity index (χ1n) is 10.1. The predicted octanol–water partition coefficient (Wildman–Crippen LogP) is 4.10. The highest BCUT2D eigenvalue weighted by Crippen LogP contribution is 2.31. The molecular weight excluding hydrogens is 418 g/mol. The van der Waals surface area contributed by atoms with Gasteiger partial charge in [-0.05, 0) is 43.2 Å². The Labute approximate surface area is 181 Å². The van der Waals surface area contributed by atoms with Crippen molar-refractivity contribution in [3.05, 3.63) is 59.5 Å². The van der Waals surface area contributed by atoms with Crippen LogP contribution in [-0.4, -0.2) is 44.4 Å². The van der Waals surface area contributed by atoms with Crippen molar-refractivity contribution < 1.29 is 18.1 Å². The Balaban J connectivity index is 1.39. The van der Waals surface area contributed by atoms with Gasteiger partial charge in [-0.3, -0.25) is 9.20 Å². The summed E-state index contributed by atoms with van der Waals surface area (Å²) in [6.45, 7) is 3.54. The lowest BCUT2D eigenvalue weighted by Crippen LogP contribution is -2.25. The summed E-state index contributed by atoms with van der Waals surface area (Å²) in [7, 11) is 0. The second-order valence-corrected chi connectivity index (χ2v) is 7.99. The molecule has 0 saturated carbocycles. The minimum absolute atomic E-state index is 0.0596. The molecule has 1 fully saturated rings. The molecule has 1 amide bonds. The van der Waals surface area contributed by atoms with Crippen LogP contribution in [0.25, 0.3) is 17.0 Å². The van der Waals surface area contributed by atoms with Gasteiger partial charge in [0.15, 0.2) is 0 Å². The maximum Gasteiger partial charge on any atom is 0.324 e. The Kier molecular flexibility index (Phi) is 4.65. The van der Waals surface area contributed by atoms with Crippen molar-refractivity contribution in [2.75, 3.05) is 23.3 Å². The number of carbonyl (C=O) groups is 1. The molecule has 4 aromatic rings. The molecule has 0 spiro atoms. The fourth-order valence-corrected chi connectivity index (χ4v) is 3.69. The molecule has 8 nitrogen and oxygen atoms in total. The topological polar surface area (TPSA) is 88.6 Å². The molecule has 1 N–H and O–H groups in total. The van der Waals surface area contributed by atoms with Crippen molar-refractivity contribution in [1.82, 2.24) is 19.5 Å². The van der Waals surface area contributed by atoms with Gasteiger partial charge >= 0.3 is 6.01 Å². The lowest BCUT2D eigenvalue weighted by molar-refractivity contribution is 0.0253. The number of rotatable bonds is 4. The summed E-state index contributed by atoms with van der Waals surface area (Å²) in [4.78, 5) is 22.8. The molecule has 3 aromatic heterocycles. The molecular formula is C22H20F2N6O2. The first-order chi connectivity index (χ1) is 15.3. The lowest BCUT2D eigenvalue weighted by atomic mass is 10.1. The van der Waals surface area contributed by atoms with Crippen LogP contribution in [0.5, 0.6) is 0 Å². The average Bonchev–Trinajstić information content (AvgIpc) is 3.47. The van der Waals surface area contributed by atoms with Crippen molar-refractivity contribution in [1.29, 1.82) is 0 Å². The van der Waals surface area contributed by atoms with E-state index in [-0.39, 0.29) is 30.7 Å². The number of fused-ring (bicyclic) bond motifs is 1. The molecule has 5 rings (SSSR count). The van der Waals surface area contributed by atoms with E-state index < -0.39 is 12.5 Å². The normalized spacial score (nSPS) is 15.4. The first kappa shape index (κ1) is 20.1. The van der Waals surface area contributed by atoms with E-state index in [0.717, 1.165) is 11.1 Å². The van der Waals surface area contributed by atoms with Gasteiger partial charge in [-0.15, -0.1) is 0 Å². The fourth-order valence-electron chi connectivity index (χ4n) is 3.69. The molecule has 0 bridgehead atoms. The quantitative estimate of drug-likeness (QED) is 0.516. The van der Waals surface area contributed by atoms with Gasteiger partial charge in [-0.1, -0.05) is 17.3 Å². The predicted molar refractivity (Wildman–Crippen MR) is 114 cm³/mol. The van der Waals surface area contributed by atoms with Crippen molar-refractivity contribution >= 4 is 23.3 Å². The molecule has 1 saturated heterocycles. The second kappa shape index (κ2) is 7.40. The van der Waals surface area contributed by atoms with Crippen molar-refractivity contribution in [2.45, 2.75) is 26.2 Å². The number of hydrogen-bond acceptors (Lipinski definition) is 6. The number of hydrogen-bond donors (Lipinski definition) is 1. The van der Waals surface area contributed by atoms with E-state index in [2.05, 4.69) is 20.4 Å². The zero-order valence-corrected chi connectivity index (χ0v) is 17.5. The molecule has 1 aliphatic heterocycles. The Morgan fingerprint density at radius 3 is 2.84 bits per heavy atom. The highest BCUT2D eigenvalue weighted by atomic mass is 19.3. The Bertz CT molecular complexity index is 1330. The van der Waals surface area contributed by atoms with Crippen LogP contribution in [0.15, 0.2) is 47.2 Å². The molecule has 0 atom stereocenters. The molecule has 1 aliphatic rings. The smallest absolute Gasteiger partial charge is 0.320 e. The maximum absolute atomic E-state index is 13.5. The van der Waals surface area contributed by atoms with Gasteiger partial charge in [-0.2, -0.15) is 4.98 Å². The van der Waals surface area contributed by atoms with E-state index in [4.69, 9.17) is 4.52 Å². The summed E-state index contributed by atoms with van der Waals surface area (Å²) in [6, 6.07) is 9.20. The van der Waals surface area contributed by atoms with Gasteiger partial charge in [0.25, 0.3) is 11.8 Å². The van der Waals surface area contributed by atoms with Crippen LogP contribution in [0.2, 0.25) is 0 Å². The van der Waals surface area contributed by atoms with Gasteiger partial charge < -0.3 is 14.7 Å². The third-order valence-electron chi connectivity index (χ3n) is 5.50. The zero-order valence-electron chi connectivity index (χ0n) is 17.5. The van der Waals surface area contributed by atoms with Gasteiger partial charge in [0.2, 0.25) is 5.82 Å². The Morgan fingerprint density at radius 1 is 1.22 bits per heavy atom. The molecule has 0 unspecified atom stereocenters. The summed E-state index contributed by atoms with van der Waals surface area (Å²) < 4.78 is 33.9. The van der Waals surface area contributed by atoms with E-state index in [1.165, 1.54) is 11.1 Å². The number of carbonyl (C=O) groups excluding carboxylic acids is 1. The largest absolute Gasteiger partial charge is 0.324 e. The molecule has 10 heteroatoms. The Morgan fingerprint density at radius 2 is 2.06 bits per heavy atom. The average molecular weight is 438 g/mol. The summed E-state index contributed by atoms with van der Waals surface area (Å²) in [5.74, 6) is -2.81. The third-order valence-corrected chi connectivity index (χ3v) is 5.50. The standard InChI is InChI=1S/C22H20F2N6O2/c1-13-5-7-30-17(11-25-18(30)9-13)20(31)26-16-10-15(4-3-14(16)2)19-27-21(32-28-19)29-8-6-22(23,24)12-29/h3-5,7,9-11H,6,8,12H2,1-2H3,(H,26,31). The van der Waals surface area contributed by atoms with Gasteiger partial charge in [0.1, 0.15) is 11.3 Å². The van der Waals surface area contributed by atoms with Crippen LogP contribution >= 0.6 is 0 Å². The lowest BCUT2D eigenvalue weighted by Gasteiger charge is -2.11. The van der Waals surface area contributed by atoms with Gasteiger partial charge in [-0.25, -0.2) is 13.8 Å². The van der Waals surface area contributed by atoms with Crippen LogP contribution in [0.1, 0.15) is 28.0 Å². The van der Waals surface area contributed by atoms with Crippen LogP contribution in [-0.2, 0) is 0 Å². The van der Waals surface area contributed by atoms with Crippen LogP contribution in [0, 0.1) is 13.8 Å². The number of benzene rings is 1. The second-order valence-electron chi connectivity index (χ2n) is 7.99. The molecule has 4 heterocycles. The molecule has 32 heavy (non-hydrogen) atoms. The number of imidazole rings is 1. The number of anilines is 2. The minimum atomic E-state index is -2.76. The zero-order chi connectivity index (χ0) is 22.5. The number of pyridine rings is 1. The van der Waals surface area contributed by atoms with Gasteiger partial charge in [0, 0.05) is 30.4 Å². The summed E-state index contributed by atoms with van der Waals surface area (Å²) in [6.07, 6.45) is 3.09. The van der Waals surface area contributed by atoms with Gasteiger partial charge in [0.05, 0.1) is 12.7 Å². The van der Waals surface area contributed by atoms with E-state index in [1.807, 2.05) is 32.0 Å². The highest BCUT2D eigenvalue weighted by Gasteiger charge is 2.40. The minimum Gasteiger partial charge on any atom is -0.320 e. The van der Waals surface area contributed by atoms with Crippen molar-refractivity contribution in [2.24, 2.45) is 0 Å². The number of nitrogens with zero attached hydrogens (tertiary/aromatic N) is 5. The van der Waals surface area contributed by atoms with Crippen LogP contribution < -0.4 is 10.2 Å². The van der Waals surface area contributed by atoms with E-state index in [1.54, 1.807) is 22.7 Å². The van der Waals surface area contributed by atoms with E-state index in [0.29, 0.717) is 22.6 Å². The van der Waals surface area contributed by atoms with E-state index >= 15 is 0 Å². The summed E-state index contributed by atoms with van der Waals surface area (Å²) in [5, 5.41) is 6.83. The highest BCUT2D eigenvalue weighted by molar-refractivity contribution is 6.04. The van der Waals surface area contributed by atoms with Crippen LogP contribution in [0.3, 0.4) is 0 Å².